The minimum absolute atomic E-state index is 0.0769. The summed E-state index contributed by atoms with van der Waals surface area (Å²) in [6, 6.07) is 11.8. The van der Waals surface area contributed by atoms with E-state index in [9.17, 15) is 4.79 Å². The van der Waals surface area contributed by atoms with Gasteiger partial charge in [-0.05, 0) is 38.4 Å². The van der Waals surface area contributed by atoms with Crippen molar-refractivity contribution in [2.45, 2.75) is 0 Å². The lowest BCUT2D eigenvalue weighted by Gasteiger charge is -2.15. The lowest BCUT2D eigenvalue weighted by molar-refractivity contribution is 0.425. The van der Waals surface area contributed by atoms with E-state index < -0.39 is 0 Å². The minimum Gasteiger partial charge on any atom is -0.383 e. The third kappa shape index (κ3) is 3.76. The molecule has 0 saturated carbocycles. The topological polar surface area (TPSA) is 70.4 Å². The second-order valence-corrected chi connectivity index (χ2v) is 7.29. The van der Waals surface area contributed by atoms with E-state index >= 15 is 0 Å². The van der Waals surface area contributed by atoms with Crippen LogP contribution in [0, 0.1) is 0 Å². The van der Waals surface area contributed by atoms with Gasteiger partial charge in [-0.15, -0.1) is 11.3 Å². The average molecular weight is 356 g/mol. The molecule has 132 valence electrons. The Hall–Kier alpha value is -2.15. The van der Waals surface area contributed by atoms with Gasteiger partial charge in [-0.1, -0.05) is 12.1 Å². The second kappa shape index (κ2) is 7.82. The molecule has 25 heavy (non-hydrogen) atoms. The number of nitrogens with zero attached hydrogens (tertiary/aromatic N) is 1. The van der Waals surface area contributed by atoms with Gasteiger partial charge in [0.1, 0.15) is 0 Å². The number of likely N-dealkylation sites (N-methyl/N-ethyl adjacent to an activating group) is 1. The highest BCUT2D eigenvalue weighted by Crippen LogP contribution is 2.34. The Morgan fingerprint density at radius 3 is 2.52 bits per heavy atom. The van der Waals surface area contributed by atoms with E-state index in [0.29, 0.717) is 13.1 Å². The second-order valence-electron chi connectivity index (χ2n) is 6.24. The van der Waals surface area contributed by atoms with Gasteiger partial charge in [0.05, 0.1) is 15.8 Å². The average Bonchev–Trinajstić information content (AvgIpc) is 2.60. The summed E-state index contributed by atoms with van der Waals surface area (Å²) in [6.07, 6.45) is 0. The van der Waals surface area contributed by atoms with Crippen molar-refractivity contribution in [3.8, 4) is 0 Å². The van der Waals surface area contributed by atoms with Crippen LogP contribution in [0.5, 0.6) is 0 Å². The maximum absolute atomic E-state index is 13.1. The summed E-state index contributed by atoms with van der Waals surface area (Å²) in [7, 11) is 4.07. The summed E-state index contributed by atoms with van der Waals surface area (Å²) in [6.45, 7) is 2.91. The molecule has 0 aliphatic carbocycles. The molecule has 0 atom stereocenters. The van der Waals surface area contributed by atoms with Crippen molar-refractivity contribution in [2.75, 3.05) is 50.9 Å². The fourth-order valence-electron chi connectivity index (χ4n) is 2.81. The van der Waals surface area contributed by atoms with Gasteiger partial charge in [-0.3, -0.25) is 4.79 Å². The van der Waals surface area contributed by atoms with Crippen molar-refractivity contribution in [3.63, 3.8) is 0 Å². The Labute approximate surface area is 151 Å². The van der Waals surface area contributed by atoms with Crippen LogP contribution < -0.4 is 21.8 Å². The smallest absolute Gasteiger partial charge is 0.198 e. The molecule has 0 amide bonds. The molecular formula is C19H24N4OS. The van der Waals surface area contributed by atoms with Crippen LogP contribution in [0.4, 0.5) is 11.4 Å². The van der Waals surface area contributed by atoms with E-state index in [0.717, 1.165) is 44.6 Å². The number of benzene rings is 2. The van der Waals surface area contributed by atoms with Gasteiger partial charge in [0.2, 0.25) is 0 Å². The lowest BCUT2D eigenvalue weighted by Crippen LogP contribution is -2.21. The highest BCUT2D eigenvalue weighted by molar-refractivity contribution is 7.25. The highest BCUT2D eigenvalue weighted by atomic mass is 32.1. The highest BCUT2D eigenvalue weighted by Gasteiger charge is 2.13. The summed E-state index contributed by atoms with van der Waals surface area (Å²) in [4.78, 5) is 15.2. The van der Waals surface area contributed by atoms with Crippen molar-refractivity contribution >= 4 is 42.9 Å². The maximum Gasteiger partial charge on any atom is 0.198 e. The first-order valence-electron chi connectivity index (χ1n) is 8.43. The van der Waals surface area contributed by atoms with Crippen LogP contribution in [0.2, 0.25) is 0 Å². The molecule has 6 heteroatoms. The SMILES string of the molecule is CN(C)CCNc1ccc(NCCN)c2sc3ccccc3c(=O)c12. The number of fused-ring (bicyclic) bond motifs is 2. The number of nitrogens with two attached hydrogens (primary N) is 1. The molecule has 0 radical (unpaired) electrons. The van der Waals surface area contributed by atoms with Crippen LogP contribution in [-0.4, -0.2) is 45.2 Å². The van der Waals surface area contributed by atoms with Crippen LogP contribution in [-0.2, 0) is 0 Å². The molecule has 0 unspecified atom stereocenters. The third-order valence-corrected chi connectivity index (χ3v) is 5.27. The molecule has 3 rings (SSSR count). The summed E-state index contributed by atoms with van der Waals surface area (Å²) in [5.41, 5.74) is 7.56. The zero-order chi connectivity index (χ0) is 17.8. The van der Waals surface area contributed by atoms with Gasteiger partial charge in [-0.2, -0.15) is 0 Å². The summed E-state index contributed by atoms with van der Waals surface area (Å²) < 4.78 is 1.98. The fraction of sp³-hybridized carbons (Fsp3) is 0.316. The first-order chi connectivity index (χ1) is 12.1. The number of hydrogen-bond acceptors (Lipinski definition) is 6. The Bertz CT molecular complexity index is 936. The molecule has 5 nitrogen and oxygen atoms in total. The van der Waals surface area contributed by atoms with Gasteiger partial charge in [0.25, 0.3) is 0 Å². The Morgan fingerprint density at radius 1 is 1.04 bits per heavy atom. The van der Waals surface area contributed by atoms with E-state index in [1.807, 2.05) is 50.5 Å². The van der Waals surface area contributed by atoms with Gasteiger partial charge >= 0.3 is 0 Å². The third-order valence-electron chi connectivity index (χ3n) is 4.06. The first-order valence-corrected chi connectivity index (χ1v) is 9.24. The summed E-state index contributed by atoms with van der Waals surface area (Å²) >= 11 is 1.64. The van der Waals surface area contributed by atoms with Crippen LogP contribution in [0.1, 0.15) is 0 Å². The van der Waals surface area contributed by atoms with Gasteiger partial charge in [-0.25, -0.2) is 0 Å². The van der Waals surface area contributed by atoms with Crippen LogP contribution >= 0.6 is 11.3 Å². The van der Waals surface area contributed by atoms with E-state index in [1.165, 1.54) is 0 Å². The van der Waals surface area contributed by atoms with E-state index in [1.54, 1.807) is 11.3 Å². The van der Waals surface area contributed by atoms with Gasteiger partial charge in [0, 0.05) is 42.0 Å². The van der Waals surface area contributed by atoms with E-state index in [2.05, 4.69) is 15.5 Å². The number of nitrogens with one attached hydrogen (secondary N) is 2. The summed E-state index contributed by atoms with van der Waals surface area (Å²) in [5.74, 6) is 0. The molecule has 0 bridgehead atoms. The lowest BCUT2D eigenvalue weighted by atomic mass is 10.1. The Kier molecular flexibility index (Phi) is 5.53. The van der Waals surface area contributed by atoms with Crippen LogP contribution in [0.25, 0.3) is 20.2 Å². The molecule has 0 fully saturated rings. The molecule has 3 aromatic rings. The molecule has 1 heterocycles. The zero-order valence-corrected chi connectivity index (χ0v) is 15.5. The molecule has 1 aromatic heterocycles. The van der Waals surface area contributed by atoms with E-state index in [-0.39, 0.29) is 5.43 Å². The zero-order valence-electron chi connectivity index (χ0n) is 14.6. The van der Waals surface area contributed by atoms with Crippen molar-refractivity contribution in [1.82, 2.24) is 4.90 Å². The standard InChI is InChI=1S/C19H24N4OS/c1-23(2)12-11-22-14-7-8-15(21-10-9-20)19-17(14)18(24)13-5-3-4-6-16(13)25-19/h3-8,21-22H,9-12,20H2,1-2H3. The van der Waals surface area contributed by atoms with Crippen molar-refractivity contribution in [3.05, 3.63) is 46.6 Å². The predicted octanol–water partition coefficient (Wildman–Crippen LogP) is 2.76. The molecule has 0 saturated heterocycles. The molecule has 4 N–H and O–H groups in total. The minimum atomic E-state index is 0.0769. The Morgan fingerprint density at radius 2 is 1.76 bits per heavy atom. The van der Waals surface area contributed by atoms with Crippen molar-refractivity contribution < 1.29 is 0 Å². The molecule has 0 spiro atoms. The predicted molar refractivity (Wildman–Crippen MR) is 110 cm³/mol. The van der Waals surface area contributed by atoms with E-state index in [4.69, 9.17) is 5.73 Å². The van der Waals surface area contributed by atoms with Crippen LogP contribution in [0.3, 0.4) is 0 Å². The number of rotatable bonds is 7. The monoisotopic (exact) mass is 356 g/mol. The van der Waals surface area contributed by atoms with Crippen molar-refractivity contribution in [1.29, 1.82) is 0 Å². The molecule has 0 aliphatic rings. The molecule has 0 aliphatic heterocycles. The number of hydrogen-bond donors (Lipinski definition) is 3. The first kappa shape index (κ1) is 17.7. The van der Waals surface area contributed by atoms with Gasteiger partial charge in [0.15, 0.2) is 5.43 Å². The molecule has 2 aromatic carbocycles. The fourth-order valence-corrected chi connectivity index (χ4v) is 4.00. The largest absolute Gasteiger partial charge is 0.383 e. The maximum atomic E-state index is 13.1. The normalized spacial score (nSPS) is 11.4. The number of anilines is 2. The summed E-state index contributed by atoms with van der Waals surface area (Å²) in [5, 5.41) is 8.29. The molecular weight excluding hydrogens is 332 g/mol. The Balaban J connectivity index is 2.17. The quantitative estimate of drug-likeness (QED) is 0.568. The van der Waals surface area contributed by atoms with Gasteiger partial charge < -0.3 is 21.3 Å². The van der Waals surface area contributed by atoms with Crippen LogP contribution in [0.15, 0.2) is 41.2 Å². The van der Waals surface area contributed by atoms with Crippen molar-refractivity contribution in [2.24, 2.45) is 5.73 Å².